The van der Waals surface area contributed by atoms with E-state index in [1.807, 2.05) is 25.3 Å². The van der Waals surface area contributed by atoms with Gasteiger partial charge in [0.05, 0.1) is 4.90 Å². The van der Waals surface area contributed by atoms with Crippen molar-refractivity contribution in [1.29, 1.82) is 0 Å². The van der Waals surface area contributed by atoms with Crippen LogP contribution in [0.3, 0.4) is 0 Å². The number of nitrogens with two attached hydrogens (primary N) is 1. The number of carbonyl (C=O) groups is 1. The van der Waals surface area contributed by atoms with Crippen molar-refractivity contribution in [3.8, 4) is 0 Å². The molecule has 0 radical (unpaired) electrons. The summed E-state index contributed by atoms with van der Waals surface area (Å²) < 4.78 is 24.9. The lowest BCUT2D eigenvalue weighted by atomic mass is 9.85. The minimum Gasteiger partial charge on any atom is -0.352 e. The number of benzene rings is 1. The topological polar surface area (TPSA) is 102 Å². The van der Waals surface area contributed by atoms with E-state index >= 15 is 0 Å². The zero-order valence-corrected chi connectivity index (χ0v) is 14.8. The number of thiazole rings is 1. The van der Waals surface area contributed by atoms with Gasteiger partial charge in [-0.05, 0) is 38.0 Å². The maximum absolute atomic E-state index is 12.4. The molecule has 6 nitrogen and oxygen atoms in total. The van der Waals surface area contributed by atoms with Crippen LogP contribution in [-0.4, -0.2) is 25.3 Å². The molecule has 0 aliphatic carbocycles. The first-order valence-corrected chi connectivity index (χ1v) is 9.45. The number of aromatic nitrogens is 1. The van der Waals surface area contributed by atoms with Crippen LogP contribution >= 0.6 is 11.3 Å². The lowest BCUT2D eigenvalue weighted by Crippen LogP contribution is -2.34. The molecule has 0 bridgehead atoms. The average Bonchev–Trinajstić information content (AvgIpc) is 3.00. The third-order valence-electron chi connectivity index (χ3n) is 3.65. The summed E-state index contributed by atoms with van der Waals surface area (Å²) in [6, 6.07) is 4.44. The summed E-state index contributed by atoms with van der Waals surface area (Å²) in [7, 11) is -3.67. The molecule has 1 heterocycles. The first-order valence-electron chi connectivity index (χ1n) is 6.92. The van der Waals surface area contributed by atoms with Crippen molar-refractivity contribution >= 4 is 27.2 Å². The van der Waals surface area contributed by atoms with E-state index in [1.54, 1.807) is 25.3 Å². The number of primary amides is 1. The van der Waals surface area contributed by atoms with Gasteiger partial charge in [0.2, 0.25) is 0 Å². The second-order valence-corrected chi connectivity index (χ2v) is 8.60. The molecule has 8 heteroatoms. The highest BCUT2D eigenvalue weighted by Crippen LogP contribution is 2.34. The minimum absolute atomic E-state index is 0.188. The van der Waals surface area contributed by atoms with Gasteiger partial charge in [-0.25, -0.2) is 18.2 Å². The van der Waals surface area contributed by atoms with Gasteiger partial charge < -0.3 is 11.1 Å². The van der Waals surface area contributed by atoms with E-state index < -0.39 is 27.2 Å². The van der Waals surface area contributed by atoms with E-state index in [-0.39, 0.29) is 4.90 Å². The van der Waals surface area contributed by atoms with E-state index in [9.17, 15) is 13.2 Å². The SMILES string of the molecule is Cc1ccc(C(C)(C)c2nccs2)cc1S(=O)(=O)CNC(N)=O. The summed E-state index contributed by atoms with van der Waals surface area (Å²) in [5, 5.41) is 4.93. The van der Waals surface area contributed by atoms with Gasteiger partial charge in [0, 0.05) is 17.0 Å². The zero-order chi connectivity index (χ0) is 17.3. The molecule has 0 aliphatic rings. The summed E-state index contributed by atoms with van der Waals surface area (Å²) >= 11 is 1.52. The maximum atomic E-state index is 12.4. The van der Waals surface area contributed by atoms with Gasteiger partial charge in [-0.1, -0.05) is 12.1 Å². The van der Waals surface area contributed by atoms with E-state index in [0.717, 1.165) is 10.6 Å². The Morgan fingerprint density at radius 3 is 2.65 bits per heavy atom. The van der Waals surface area contributed by atoms with Gasteiger partial charge in [-0.3, -0.25) is 0 Å². The number of amides is 2. The molecule has 124 valence electrons. The third-order valence-corrected chi connectivity index (χ3v) is 6.38. The first-order chi connectivity index (χ1) is 10.6. The highest BCUT2D eigenvalue weighted by atomic mass is 32.2. The van der Waals surface area contributed by atoms with Gasteiger partial charge in [-0.2, -0.15) is 0 Å². The monoisotopic (exact) mass is 353 g/mol. The fourth-order valence-corrected chi connectivity index (χ4v) is 4.36. The summed E-state index contributed by atoms with van der Waals surface area (Å²) in [6.45, 7) is 5.71. The third kappa shape index (κ3) is 3.70. The first kappa shape index (κ1) is 17.4. The molecule has 0 spiro atoms. The van der Waals surface area contributed by atoms with E-state index in [0.29, 0.717) is 5.56 Å². The molecule has 0 saturated heterocycles. The van der Waals surface area contributed by atoms with Crippen LogP contribution in [0, 0.1) is 6.92 Å². The van der Waals surface area contributed by atoms with E-state index in [1.165, 1.54) is 11.3 Å². The number of urea groups is 1. The van der Waals surface area contributed by atoms with Crippen LogP contribution in [0.25, 0.3) is 0 Å². The molecule has 0 fully saturated rings. The quantitative estimate of drug-likeness (QED) is 0.860. The number of rotatable bonds is 5. The van der Waals surface area contributed by atoms with Crippen molar-refractivity contribution in [2.24, 2.45) is 5.73 Å². The number of hydrogen-bond acceptors (Lipinski definition) is 5. The van der Waals surface area contributed by atoms with Crippen LogP contribution in [0.5, 0.6) is 0 Å². The molecule has 2 aromatic rings. The van der Waals surface area contributed by atoms with Crippen LogP contribution in [0.1, 0.15) is 30.0 Å². The van der Waals surface area contributed by atoms with E-state index in [2.05, 4.69) is 10.3 Å². The van der Waals surface area contributed by atoms with Crippen molar-refractivity contribution in [3.05, 3.63) is 45.9 Å². The lowest BCUT2D eigenvalue weighted by molar-refractivity contribution is 0.250. The molecular weight excluding hydrogens is 334 g/mol. The maximum Gasteiger partial charge on any atom is 0.313 e. The fourth-order valence-electron chi connectivity index (χ4n) is 2.22. The molecule has 1 aromatic heterocycles. The molecule has 0 atom stereocenters. The van der Waals surface area contributed by atoms with Crippen molar-refractivity contribution in [2.75, 3.05) is 5.88 Å². The van der Waals surface area contributed by atoms with Crippen LogP contribution in [0.4, 0.5) is 4.79 Å². The Hall–Kier alpha value is -1.93. The highest BCUT2D eigenvalue weighted by molar-refractivity contribution is 7.91. The molecule has 2 rings (SSSR count). The Balaban J connectivity index is 2.46. The number of aryl methyl sites for hydroxylation is 1. The minimum atomic E-state index is -3.67. The summed E-state index contributed by atoms with van der Waals surface area (Å²) in [5.74, 6) is -0.524. The molecule has 0 saturated carbocycles. The Bertz CT molecular complexity index is 812. The average molecular weight is 353 g/mol. The zero-order valence-electron chi connectivity index (χ0n) is 13.2. The summed E-state index contributed by atoms with van der Waals surface area (Å²) in [4.78, 5) is 15.3. The molecule has 0 aliphatic heterocycles. The second kappa shape index (κ2) is 6.29. The van der Waals surface area contributed by atoms with Crippen LogP contribution in [0.15, 0.2) is 34.7 Å². The molecule has 0 unspecified atom stereocenters. The molecular formula is C15H19N3O3S2. The van der Waals surface area contributed by atoms with Gasteiger partial charge >= 0.3 is 6.03 Å². The number of nitrogens with one attached hydrogen (secondary N) is 1. The Morgan fingerprint density at radius 1 is 1.39 bits per heavy atom. The molecule has 23 heavy (non-hydrogen) atoms. The van der Waals surface area contributed by atoms with Crippen LogP contribution < -0.4 is 11.1 Å². The number of sulfone groups is 1. The summed E-state index contributed by atoms with van der Waals surface area (Å²) in [6.07, 6.45) is 1.73. The normalized spacial score (nSPS) is 12.1. The number of nitrogens with zero attached hydrogens (tertiary/aromatic N) is 1. The van der Waals surface area contributed by atoms with Crippen molar-refractivity contribution < 1.29 is 13.2 Å². The smallest absolute Gasteiger partial charge is 0.313 e. The van der Waals surface area contributed by atoms with Crippen LogP contribution in [-0.2, 0) is 15.3 Å². The molecule has 2 amide bonds. The largest absolute Gasteiger partial charge is 0.352 e. The highest BCUT2D eigenvalue weighted by Gasteiger charge is 2.28. The van der Waals surface area contributed by atoms with Gasteiger partial charge in [0.15, 0.2) is 9.84 Å². The second-order valence-electron chi connectivity index (χ2n) is 5.74. The van der Waals surface area contributed by atoms with Crippen molar-refractivity contribution in [1.82, 2.24) is 10.3 Å². The van der Waals surface area contributed by atoms with Gasteiger partial charge in [0.1, 0.15) is 10.9 Å². The van der Waals surface area contributed by atoms with E-state index in [4.69, 9.17) is 5.73 Å². The molecule has 1 aromatic carbocycles. The van der Waals surface area contributed by atoms with Gasteiger partial charge in [0.25, 0.3) is 0 Å². The van der Waals surface area contributed by atoms with Gasteiger partial charge in [-0.15, -0.1) is 11.3 Å². The van der Waals surface area contributed by atoms with Crippen LogP contribution in [0.2, 0.25) is 0 Å². The Kier molecular flexibility index (Phi) is 4.76. The fraction of sp³-hybridized carbons (Fsp3) is 0.333. The number of hydrogen-bond donors (Lipinski definition) is 2. The lowest BCUT2D eigenvalue weighted by Gasteiger charge is -2.24. The van der Waals surface area contributed by atoms with Crippen molar-refractivity contribution in [2.45, 2.75) is 31.1 Å². The Labute approximate surface area is 139 Å². The number of carbonyl (C=O) groups excluding carboxylic acids is 1. The Morgan fingerprint density at radius 2 is 2.09 bits per heavy atom. The molecule has 3 N–H and O–H groups in total. The van der Waals surface area contributed by atoms with Crippen molar-refractivity contribution in [3.63, 3.8) is 0 Å². The predicted molar refractivity (Wildman–Crippen MR) is 90.2 cm³/mol. The standard InChI is InChI=1S/C15H19N3O3S2/c1-10-4-5-11(15(2,3)13-17-6-7-22-13)8-12(10)23(20,21)9-18-14(16)19/h4-8H,9H2,1-3H3,(H3,16,18,19). The predicted octanol–water partition coefficient (Wildman–Crippen LogP) is 2.18. The summed E-state index contributed by atoms with van der Waals surface area (Å²) in [5.41, 5.74) is 6.01.